The Balaban J connectivity index is 1.57. The molecule has 4 aromatic rings. The van der Waals surface area contributed by atoms with Crippen LogP contribution in [0.2, 0.25) is 0 Å². The molecule has 0 fully saturated rings. The molecular weight excluding hydrogens is 468 g/mol. The van der Waals surface area contributed by atoms with Gasteiger partial charge in [-0.15, -0.1) is 13.2 Å². The third kappa shape index (κ3) is 4.29. The summed E-state index contributed by atoms with van der Waals surface area (Å²) in [6, 6.07) is 6.97. The maximum atomic E-state index is 15.3. The lowest BCUT2D eigenvalue weighted by Gasteiger charge is -2.22. The zero-order valence-electron chi connectivity index (χ0n) is 18.2. The van der Waals surface area contributed by atoms with Crippen LogP contribution in [0.3, 0.4) is 0 Å². The number of nitrogen functional groups attached to an aromatic ring is 1. The van der Waals surface area contributed by atoms with Crippen LogP contribution in [0.1, 0.15) is 5.56 Å². The lowest BCUT2D eigenvalue weighted by molar-refractivity contribution is -0.274. The fraction of sp³-hybridized carbons (Fsp3) is 0.174. The van der Waals surface area contributed by atoms with Crippen LogP contribution in [0.15, 0.2) is 42.7 Å². The Morgan fingerprint density at radius 2 is 1.94 bits per heavy atom. The summed E-state index contributed by atoms with van der Waals surface area (Å²) in [4.78, 5) is 12.7. The zero-order chi connectivity index (χ0) is 24.7. The largest absolute Gasteiger partial charge is 0.573 e. The van der Waals surface area contributed by atoms with E-state index >= 15 is 4.39 Å². The molecule has 0 spiro atoms. The number of anilines is 4. The number of pyridine rings is 1. The molecule has 1 aliphatic heterocycles. The molecule has 4 N–H and O–H groups in total. The molecule has 0 atom stereocenters. The van der Waals surface area contributed by atoms with Gasteiger partial charge in [-0.1, -0.05) is 12.1 Å². The van der Waals surface area contributed by atoms with Crippen molar-refractivity contribution >= 4 is 33.9 Å². The van der Waals surface area contributed by atoms with Gasteiger partial charge >= 0.3 is 6.36 Å². The first-order valence-corrected chi connectivity index (χ1v) is 10.4. The number of aromatic nitrogens is 3. The molecule has 0 saturated heterocycles. The summed E-state index contributed by atoms with van der Waals surface area (Å²) in [5, 5.41) is 6.17. The average molecular weight is 486 g/mol. The van der Waals surface area contributed by atoms with Crippen molar-refractivity contribution in [3.63, 3.8) is 0 Å². The predicted octanol–water partition coefficient (Wildman–Crippen LogP) is 5.17. The van der Waals surface area contributed by atoms with Crippen molar-refractivity contribution in [2.45, 2.75) is 13.3 Å². The van der Waals surface area contributed by atoms with Gasteiger partial charge in [-0.25, -0.2) is 19.3 Å². The van der Waals surface area contributed by atoms with Crippen molar-refractivity contribution < 1.29 is 27.0 Å². The van der Waals surface area contributed by atoms with E-state index in [1.807, 2.05) is 6.92 Å². The van der Waals surface area contributed by atoms with Gasteiger partial charge in [0.05, 0.1) is 16.9 Å². The van der Waals surface area contributed by atoms with E-state index in [-0.39, 0.29) is 33.8 Å². The second-order valence-electron chi connectivity index (χ2n) is 7.70. The molecule has 0 unspecified atom stereocenters. The van der Waals surface area contributed by atoms with Gasteiger partial charge in [0.1, 0.15) is 12.3 Å². The molecule has 8 nitrogen and oxygen atoms in total. The molecule has 0 aliphatic carbocycles. The van der Waals surface area contributed by atoms with E-state index in [9.17, 15) is 13.2 Å². The van der Waals surface area contributed by atoms with Crippen molar-refractivity contribution in [2.24, 2.45) is 0 Å². The molecule has 3 heterocycles. The zero-order valence-corrected chi connectivity index (χ0v) is 18.2. The molecule has 0 saturated carbocycles. The number of halogens is 4. The number of nitrogens with zero attached hydrogens (tertiary/aromatic N) is 3. The Labute approximate surface area is 196 Å². The van der Waals surface area contributed by atoms with Crippen LogP contribution >= 0.6 is 0 Å². The SMILES string of the molecule is Cc1c(-c2cc3nc(Nc4ccccc4OC(F)(F)F)ncc3c(N)c2F)cnc2c1NCCO2. The second kappa shape index (κ2) is 8.46. The van der Waals surface area contributed by atoms with Gasteiger partial charge in [-0.3, -0.25) is 0 Å². The van der Waals surface area contributed by atoms with Crippen LogP contribution in [0.4, 0.5) is 40.6 Å². The molecule has 2 aromatic carbocycles. The molecule has 5 rings (SSSR count). The van der Waals surface area contributed by atoms with Crippen LogP contribution in [0.25, 0.3) is 22.0 Å². The number of hydrogen-bond acceptors (Lipinski definition) is 8. The van der Waals surface area contributed by atoms with Crippen LogP contribution in [-0.4, -0.2) is 34.5 Å². The Morgan fingerprint density at radius 1 is 1.14 bits per heavy atom. The molecule has 0 amide bonds. The molecule has 35 heavy (non-hydrogen) atoms. The number of ether oxygens (including phenoxy) is 2. The Bertz CT molecular complexity index is 1440. The molecule has 0 bridgehead atoms. The van der Waals surface area contributed by atoms with Crippen molar-refractivity contribution in [3.05, 3.63) is 54.1 Å². The van der Waals surface area contributed by atoms with Gasteiger partial charge in [0.25, 0.3) is 0 Å². The van der Waals surface area contributed by atoms with E-state index in [0.717, 1.165) is 11.6 Å². The summed E-state index contributed by atoms with van der Waals surface area (Å²) in [7, 11) is 0. The maximum Gasteiger partial charge on any atom is 0.573 e. The fourth-order valence-electron chi connectivity index (χ4n) is 3.83. The van der Waals surface area contributed by atoms with Crippen molar-refractivity contribution in [2.75, 3.05) is 29.5 Å². The van der Waals surface area contributed by atoms with Gasteiger partial charge in [-0.2, -0.15) is 0 Å². The van der Waals surface area contributed by atoms with Gasteiger partial charge in [0, 0.05) is 35.5 Å². The maximum absolute atomic E-state index is 15.3. The Hall–Kier alpha value is -4.35. The fourth-order valence-corrected chi connectivity index (χ4v) is 3.83. The number of nitrogens with two attached hydrogens (primary N) is 1. The number of alkyl halides is 3. The highest BCUT2D eigenvalue weighted by molar-refractivity contribution is 5.96. The van der Waals surface area contributed by atoms with Gasteiger partial charge < -0.3 is 25.8 Å². The Kier molecular flexibility index (Phi) is 5.42. The smallest absolute Gasteiger partial charge is 0.474 e. The molecule has 1 aliphatic rings. The highest BCUT2D eigenvalue weighted by Crippen LogP contribution is 2.39. The summed E-state index contributed by atoms with van der Waals surface area (Å²) in [6.45, 7) is 2.87. The summed E-state index contributed by atoms with van der Waals surface area (Å²) in [6.07, 6.45) is -2.08. The number of hydrogen-bond donors (Lipinski definition) is 3. The average Bonchev–Trinajstić information content (AvgIpc) is 2.82. The molecular formula is C23H18F4N6O2. The normalized spacial score (nSPS) is 13.1. The number of fused-ring (bicyclic) bond motifs is 2. The van der Waals surface area contributed by atoms with Crippen LogP contribution in [0.5, 0.6) is 11.6 Å². The minimum absolute atomic E-state index is 0.000267. The minimum atomic E-state index is -4.87. The highest BCUT2D eigenvalue weighted by Gasteiger charge is 2.32. The van der Waals surface area contributed by atoms with E-state index < -0.39 is 17.9 Å². The van der Waals surface area contributed by atoms with E-state index in [1.165, 1.54) is 36.7 Å². The summed E-state index contributed by atoms with van der Waals surface area (Å²) >= 11 is 0. The number of benzene rings is 2. The van der Waals surface area contributed by atoms with Crippen molar-refractivity contribution in [1.29, 1.82) is 0 Å². The lowest BCUT2D eigenvalue weighted by Crippen LogP contribution is -2.20. The van der Waals surface area contributed by atoms with E-state index in [0.29, 0.717) is 30.3 Å². The van der Waals surface area contributed by atoms with E-state index in [4.69, 9.17) is 10.5 Å². The first-order valence-electron chi connectivity index (χ1n) is 10.4. The number of rotatable bonds is 4. The number of nitrogens with one attached hydrogen (secondary N) is 2. The van der Waals surface area contributed by atoms with Gasteiger partial charge in [0.2, 0.25) is 11.8 Å². The second-order valence-corrected chi connectivity index (χ2v) is 7.70. The summed E-state index contributed by atoms with van der Waals surface area (Å²) in [5.74, 6) is -0.705. The lowest BCUT2D eigenvalue weighted by atomic mass is 9.98. The van der Waals surface area contributed by atoms with Crippen molar-refractivity contribution in [3.8, 4) is 22.8 Å². The van der Waals surface area contributed by atoms with Gasteiger partial charge in [0.15, 0.2) is 11.6 Å². The van der Waals surface area contributed by atoms with Crippen LogP contribution in [-0.2, 0) is 0 Å². The molecule has 12 heteroatoms. The van der Waals surface area contributed by atoms with Gasteiger partial charge in [-0.05, 0) is 30.7 Å². The predicted molar refractivity (Wildman–Crippen MR) is 122 cm³/mol. The standard InChI is InChI=1S/C23H18F4N6O2/c1-11-13(9-30-21-20(11)29-6-7-34-21)12-8-16-14(19(28)18(12)24)10-31-22(33-16)32-15-4-2-3-5-17(15)35-23(25,26)27/h2-5,8-10,29H,6-7,28H2,1H3,(H,31,32,33). The first kappa shape index (κ1) is 22.4. The van der Waals surface area contributed by atoms with E-state index in [2.05, 4.69) is 30.3 Å². The van der Waals surface area contributed by atoms with E-state index in [1.54, 1.807) is 0 Å². The topological polar surface area (TPSA) is 107 Å². The molecule has 2 aromatic heterocycles. The quantitative estimate of drug-likeness (QED) is 0.268. The molecule has 180 valence electrons. The third-order valence-corrected chi connectivity index (χ3v) is 5.46. The highest BCUT2D eigenvalue weighted by atomic mass is 19.4. The third-order valence-electron chi connectivity index (χ3n) is 5.46. The van der Waals surface area contributed by atoms with Crippen LogP contribution < -0.4 is 25.8 Å². The number of para-hydroxylation sites is 2. The first-order chi connectivity index (χ1) is 16.7. The van der Waals surface area contributed by atoms with Crippen molar-refractivity contribution in [1.82, 2.24) is 15.0 Å². The minimum Gasteiger partial charge on any atom is -0.474 e. The Morgan fingerprint density at radius 3 is 2.74 bits per heavy atom. The van der Waals surface area contributed by atoms with Crippen LogP contribution in [0, 0.1) is 12.7 Å². The summed E-state index contributed by atoms with van der Waals surface area (Å²) < 4.78 is 63.1. The summed E-state index contributed by atoms with van der Waals surface area (Å²) in [5.41, 5.74) is 8.23. The monoisotopic (exact) mass is 486 g/mol. The molecule has 0 radical (unpaired) electrons.